The SMILES string of the molecule is C/C=C(/c1cc(C)c(N=C(C)C)c(F)c1)c1cnc(NCC(F)(F)C2CC2)nc1C. The summed E-state index contributed by atoms with van der Waals surface area (Å²) in [4.78, 5) is 12.8. The molecule has 1 aromatic carbocycles. The van der Waals surface area contributed by atoms with Crippen molar-refractivity contribution in [1.29, 1.82) is 0 Å². The summed E-state index contributed by atoms with van der Waals surface area (Å²) in [6, 6.07) is 3.33. The molecule has 3 rings (SSSR count). The zero-order chi connectivity index (χ0) is 22.1. The van der Waals surface area contributed by atoms with Gasteiger partial charge in [-0.1, -0.05) is 6.08 Å². The van der Waals surface area contributed by atoms with E-state index in [1.54, 1.807) is 13.1 Å². The minimum atomic E-state index is -2.75. The van der Waals surface area contributed by atoms with E-state index in [-0.39, 0.29) is 5.95 Å². The standard InChI is InChI=1S/C23H27F3N4/c1-6-18(16-9-14(4)21(20(24)10-16)29-13(2)3)19-11-27-22(30-15(19)5)28-12-23(25,26)17-7-8-17/h6,9-11,17H,7-8,12H2,1-5H3,(H,27,28,30)/b18-6-. The van der Waals surface area contributed by atoms with Gasteiger partial charge in [-0.2, -0.15) is 0 Å². The largest absolute Gasteiger partial charge is 0.348 e. The minimum Gasteiger partial charge on any atom is -0.348 e. The second-order valence-corrected chi connectivity index (χ2v) is 7.97. The van der Waals surface area contributed by atoms with E-state index in [9.17, 15) is 13.2 Å². The van der Waals surface area contributed by atoms with Crippen LogP contribution in [-0.2, 0) is 0 Å². The lowest BCUT2D eigenvalue weighted by atomic mass is 9.95. The van der Waals surface area contributed by atoms with Crippen molar-refractivity contribution in [2.24, 2.45) is 10.9 Å². The molecule has 0 spiro atoms. The monoisotopic (exact) mass is 416 g/mol. The molecule has 1 fully saturated rings. The number of benzene rings is 1. The molecule has 1 aliphatic carbocycles. The van der Waals surface area contributed by atoms with Crippen LogP contribution in [0.5, 0.6) is 0 Å². The lowest BCUT2D eigenvalue weighted by Crippen LogP contribution is -2.30. The Hall–Kier alpha value is -2.70. The third kappa shape index (κ3) is 4.89. The van der Waals surface area contributed by atoms with Crippen molar-refractivity contribution in [3.05, 3.63) is 52.6 Å². The first-order chi connectivity index (χ1) is 14.1. The van der Waals surface area contributed by atoms with Crippen LogP contribution in [0.1, 0.15) is 56.0 Å². The van der Waals surface area contributed by atoms with Crippen LogP contribution < -0.4 is 5.32 Å². The normalized spacial score (nSPS) is 14.6. The molecule has 0 aliphatic heterocycles. The summed E-state index contributed by atoms with van der Waals surface area (Å²) in [5.74, 6) is -3.52. The molecule has 0 unspecified atom stereocenters. The van der Waals surface area contributed by atoms with Crippen molar-refractivity contribution in [2.75, 3.05) is 11.9 Å². The van der Waals surface area contributed by atoms with Crippen LogP contribution in [0.15, 0.2) is 29.4 Å². The maximum absolute atomic E-state index is 14.7. The molecule has 4 nitrogen and oxygen atoms in total. The summed E-state index contributed by atoms with van der Waals surface area (Å²) in [6.07, 6.45) is 4.58. The average Bonchev–Trinajstić information content (AvgIpc) is 3.51. The number of hydrogen-bond donors (Lipinski definition) is 1. The van der Waals surface area contributed by atoms with E-state index < -0.39 is 24.2 Å². The highest BCUT2D eigenvalue weighted by molar-refractivity contribution is 5.84. The highest BCUT2D eigenvalue weighted by Gasteiger charge is 2.46. The van der Waals surface area contributed by atoms with Gasteiger partial charge in [-0.05, 0) is 76.3 Å². The Kier molecular flexibility index (Phi) is 6.29. The van der Waals surface area contributed by atoms with E-state index in [1.807, 2.05) is 39.8 Å². The second kappa shape index (κ2) is 8.58. The Morgan fingerprint density at radius 1 is 1.27 bits per heavy atom. The summed E-state index contributed by atoms with van der Waals surface area (Å²) in [7, 11) is 0. The fourth-order valence-corrected chi connectivity index (χ4v) is 3.40. The van der Waals surface area contributed by atoms with Gasteiger partial charge >= 0.3 is 0 Å². The summed E-state index contributed by atoms with van der Waals surface area (Å²) in [6.45, 7) is 8.62. The Balaban J connectivity index is 1.86. The molecule has 0 radical (unpaired) electrons. The summed E-state index contributed by atoms with van der Waals surface area (Å²) in [5, 5.41) is 2.65. The van der Waals surface area contributed by atoms with Crippen molar-refractivity contribution < 1.29 is 13.2 Å². The number of allylic oxidation sites excluding steroid dienone is 1. The number of alkyl halides is 2. The molecule has 160 valence electrons. The molecule has 1 heterocycles. The summed E-state index contributed by atoms with van der Waals surface area (Å²) < 4.78 is 42.5. The van der Waals surface area contributed by atoms with Gasteiger partial charge in [0.2, 0.25) is 5.95 Å². The fraction of sp³-hybridized carbons (Fsp3) is 0.435. The lowest BCUT2D eigenvalue weighted by molar-refractivity contribution is -0.00832. The van der Waals surface area contributed by atoms with Crippen molar-refractivity contribution in [1.82, 2.24) is 9.97 Å². The molecule has 0 amide bonds. The molecule has 2 aromatic rings. The predicted octanol–water partition coefficient (Wildman–Crippen LogP) is 6.25. The zero-order valence-electron chi connectivity index (χ0n) is 18.0. The Labute approximate surface area is 175 Å². The number of nitrogens with zero attached hydrogens (tertiary/aromatic N) is 3. The number of aryl methyl sites for hydroxylation is 2. The van der Waals surface area contributed by atoms with Crippen LogP contribution in [0.25, 0.3) is 5.57 Å². The van der Waals surface area contributed by atoms with Crippen LogP contribution in [-0.4, -0.2) is 28.1 Å². The molecule has 1 aromatic heterocycles. The number of nitrogens with one attached hydrogen (secondary N) is 1. The number of aromatic nitrogens is 2. The molecule has 30 heavy (non-hydrogen) atoms. The molecule has 0 bridgehead atoms. The molecule has 1 aliphatic rings. The molecular formula is C23H27F3N4. The van der Waals surface area contributed by atoms with Crippen LogP contribution in [0, 0.1) is 25.6 Å². The molecule has 0 saturated heterocycles. The third-order valence-electron chi connectivity index (χ3n) is 5.12. The van der Waals surface area contributed by atoms with Crippen molar-refractivity contribution in [2.45, 2.75) is 53.4 Å². The maximum Gasteiger partial charge on any atom is 0.267 e. The number of aliphatic imine (C=N–C) groups is 1. The minimum absolute atomic E-state index is 0.164. The lowest BCUT2D eigenvalue weighted by Gasteiger charge is -2.17. The van der Waals surface area contributed by atoms with Gasteiger partial charge in [-0.3, -0.25) is 4.99 Å². The van der Waals surface area contributed by atoms with Gasteiger partial charge in [0.15, 0.2) is 0 Å². The molecular weight excluding hydrogens is 389 g/mol. The molecule has 1 saturated carbocycles. The molecule has 1 N–H and O–H groups in total. The first kappa shape index (κ1) is 22.0. The van der Waals surface area contributed by atoms with Gasteiger partial charge in [-0.25, -0.2) is 23.1 Å². The maximum atomic E-state index is 14.7. The third-order valence-corrected chi connectivity index (χ3v) is 5.12. The zero-order valence-corrected chi connectivity index (χ0v) is 18.0. The highest BCUT2D eigenvalue weighted by Crippen LogP contribution is 2.43. The topological polar surface area (TPSA) is 50.2 Å². The second-order valence-electron chi connectivity index (χ2n) is 7.97. The van der Waals surface area contributed by atoms with Gasteiger partial charge < -0.3 is 5.32 Å². The quantitative estimate of drug-likeness (QED) is 0.543. The van der Waals surface area contributed by atoms with Gasteiger partial charge in [-0.15, -0.1) is 0 Å². The predicted molar refractivity (Wildman–Crippen MR) is 115 cm³/mol. The number of rotatable bonds is 7. The van der Waals surface area contributed by atoms with Gasteiger partial charge in [0.05, 0.1) is 12.2 Å². The van der Waals surface area contributed by atoms with E-state index in [0.717, 1.165) is 22.4 Å². The number of halogens is 3. The van der Waals surface area contributed by atoms with Crippen molar-refractivity contribution >= 4 is 22.9 Å². The van der Waals surface area contributed by atoms with Gasteiger partial charge in [0.25, 0.3) is 5.92 Å². The Morgan fingerprint density at radius 2 is 1.97 bits per heavy atom. The first-order valence-corrected chi connectivity index (χ1v) is 10.1. The van der Waals surface area contributed by atoms with E-state index in [0.29, 0.717) is 29.8 Å². The fourth-order valence-electron chi connectivity index (χ4n) is 3.40. The van der Waals surface area contributed by atoms with Crippen LogP contribution >= 0.6 is 0 Å². The van der Waals surface area contributed by atoms with Gasteiger partial charge in [0, 0.05) is 23.4 Å². The molecule has 0 atom stereocenters. The van der Waals surface area contributed by atoms with E-state index in [1.165, 1.54) is 6.07 Å². The van der Waals surface area contributed by atoms with Crippen molar-refractivity contribution in [3.8, 4) is 0 Å². The smallest absolute Gasteiger partial charge is 0.267 e. The van der Waals surface area contributed by atoms with Crippen molar-refractivity contribution in [3.63, 3.8) is 0 Å². The Morgan fingerprint density at radius 3 is 2.50 bits per heavy atom. The van der Waals surface area contributed by atoms with E-state index in [4.69, 9.17) is 0 Å². The molecule has 7 heteroatoms. The number of hydrogen-bond acceptors (Lipinski definition) is 4. The average molecular weight is 416 g/mol. The van der Waals surface area contributed by atoms with E-state index in [2.05, 4.69) is 20.3 Å². The van der Waals surface area contributed by atoms with Gasteiger partial charge in [0.1, 0.15) is 11.5 Å². The first-order valence-electron chi connectivity index (χ1n) is 10.1. The number of anilines is 1. The summed E-state index contributed by atoms with van der Waals surface area (Å²) in [5.41, 5.74) is 4.64. The van der Waals surface area contributed by atoms with Crippen LogP contribution in [0.3, 0.4) is 0 Å². The highest BCUT2D eigenvalue weighted by atomic mass is 19.3. The van der Waals surface area contributed by atoms with E-state index >= 15 is 0 Å². The van der Waals surface area contributed by atoms with Crippen LogP contribution in [0.4, 0.5) is 24.8 Å². The Bertz CT molecular complexity index is 980. The summed E-state index contributed by atoms with van der Waals surface area (Å²) >= 11 is 0. The van der Waals surface area contributed by atoms with Crippen LogP contribution in [0.2, 0.25) is 0 Å².